The first-order valence-corrected chi connectivity index (χ1v) is 9.56. The van der Waals surface area contributed by atoms with Crippen molar-refractivity contribution in [3.8, 4) is 0 Å². The number of hydrogen-bond donors (Lipinski definition) is 2. The standard InChI is InChI=1S/C18H31N5O.ClH/c1-13(12-14-6-4-3-5-7-14)17(24)21-18-20-16(22-23(18)2)15-8-10-19-11-9-15;/h13-15,19H,3-12H2,1-2H3,(H,20,21,22,24);1H. The van der Waals surface area contributed by atoms with E-state index in [2.05, 4.69) is 20.7 Å². The van der Waals surface area contributed by atoms with Crippen molar-refractivity contribution in [2.45, 2.75) is 64.2 Å². The maximum Gasteiger partial charge on any atom is 0.229 e. The highest BCUT2D eigenvalue weighted by molar-refractivity contribution is 5.90. The summed E-state index contributed by atoms with van der Waals surface area (Å²) in [5.74, 6) is 2.69. The van der Waals surface area contributed by atoms with Crippen molar-refractivity contribution in [2.24, 2.45) is 18.9 Å². The fraction of sp³-hybridized carbons (Fsp3) is 0.833. The predicted octanol–water partition coefficient (Wildman–Crippen LogP) is 3.25. The van der Waals surface area contributed by atoms with Crippen LogP contribution in [-0.4, -0.2) is 33.8 Å². The quantitative estimate of drug-likeness (QED) is 0.835. The summed E-state index contributed by atoms with van der Waals surface area (Å²) in [5, 5.41) is 10.9. The molecule has 0 aromatic carbocycles. The number of anilines is 1. The molecule has 1 amide bonds. The van der Waals surface area contributed by atoms with Gasteiger partial charge in [-0.05, 0) is 38.3 Å². The molecule has 1 aromatic heterocycles. The molecule has 3 rings (SSSR count). The van der Waals surface area contributed by atoms with E-state index in [9.17, 15) is 4.79 Å². The summed E-state index contributed by atoms with van der Waals surface area (Å²) in [7, 11) is 1.86. The Kier molecular flexibility index (Phi) is 7.69. The number of halogens is 1. The Hall–Kier alpha value is -1.14. The molecule has 0 bridgehead atoms. The lowest BCUT2D eigenvalue weighted by Crippen LogP contribution is -2.27. The Balaban J connectivity index is 0.00000225. The Morgan fingerprint density at radius 2 is 1.92 bits per heavy atom. The minimum absolute atomic E-state index is 0. The normalized spacial score (nSPS) is 20.7. The SMILES string of the molecule is CC(CC1CCCCC1)C(=O)Nc1nc(C2CCNCC2)nn1C.Cl. The predicted molar refractivity (Wildman–Crippen MR) is 102 cm³/mol. The van der Waals surface area contributed by atoms with Gasteiger partial charge >= 0.3 is 0 Å². The fourth-order valence-electron chi connectivity index (χ4n) is 4.03. The molecule has 1 unspecified atom stereocenters. The molecule has 1 aliphatic heterocycles. The largest absolute Gasteiger partial charge is 0.317 e. The first-order chi connectivity index (χ1) is 11.6. The minimum Gasteiger partial charge on any atom is -0.317 e. The van der Waals surface area contributed by atoms with Crippen LogP contribution in [0, 0.1) is 11.8 Å². The Labute approximate surface area is 157 Å². The van der Waals surface area contributed by atoms with Crippen molar-refractivity contribution in [1.29, 1.82) is 0 Å². The molecular formula is C18H32ClN5O. The lowest BCUT2D eigenvalue weighted by Gasteiger charge is -2.24. The van der Waals surface area contributed by atoms with Crippen molar-refractivity contribution < 1.29 is 4.79 Å². The summed E-state index contributed by atoms with van der Waals surface area (Å²) < 4.78 is 1.71. The number of nitrogens with zero attached hydrogens (tertiary/aromatic N) is 3. The van der Waals surface area contributed by atoms with Gasteiger partial charge in [-0.15, -0.1) is 12.4 Å². The van der Waals surface area contributed by atoms with Crippen LogP contribution in [0.1, 0.15) is 70.0 Å². The van der Waals surface area contributed by atoms with Gasteiger partial charge in [-0.3, -0.25) is 10.1 Å². The highest BCUT2D eigenvalue weighted by Gasteiger charge is 2.24. The Bertz CT molecular complexity index is 550. The second-order valence-corrected chi connectivity index (χ2v) is 7.57. The monoisotopic (exact) mass is 369 g/mol. The number of nitrogens with one attached hydrogen (secondary N) is 2. The van der Waals surface area contributed by atoms with Gasteiger partial charge in [0.25, 0.3) is 0 Å². The van der Waals surface area contributed by atoms with Gasteiger partial charge in [-0.25, -0.2) is 4.68 Å². The van der Waals surface area contributed by atoms with Crippen LogP contribution in [0.3, 0.4) is 0 Å². The molecule has 2 fully saturated rings. The third kappa shape index (κ3) is 5.42. The third-order valence-electron chi connectivity index (χ3n) is 5.58. The maximum absolute atomic E-state index is 12.5. The summed E-state index contributed by atoms with van der Waals surface area (Å²) in [6.45, 7) is 4.07. The molecule has 7 heteroatoms. The van der Waals surface area contributed by atoms with Crippen LogP contribution >= 0.6 is 12.4 Å². The topological polar surface area (TPSA) is 71.8 Å². The molecule has 0 radical (unpaired) electrons. The van der Waals surface area contributed by atoms with Gasteiger partial charge < -0.3 is 5.32 Å². The molecule has 1 atom stereocenters. The first kappa shape index (κ1) is 20.2. The van der Waals surface area contributed by atoms with Crippen LogP contribution in [0.4, 0.5) is 5.95 Å². The highest BCUT2D eigenvalue weighted by atomic mass is 35.5. The summed E-state index contributed by atoms with van der Waals surface area (Å²) in [5.41, 5.74) is 0. The maximum atomic E-state index is 12.5. The average molecular weight is 370 g/mol. The lowest BCUT2D eigenvalue weighted by molar-refractivity contribution is -0.120. The van der Waals surface area contributed by atoms with Gasteiger partial charge in [0.05, 0.1) is 0 Å². The van der Waals surface area contributed by atoms with Crippen LogP contribution in [0.15, 0.2) is 0 Å². The molecule has 142 valence electrons. The van der Waals surface area contributed by atoms with Gasteiger partial charge in [0.1, 0.15) is 0 Å². The minimum atomic E-state index is 0. The van der Waals surface area contributed by atoms with Crippen LogP contribution in [0.5, 0.6) is 0 Å². The van der Waals surface area contributed by atoms with Crippen molar-refractivity contribution in [1.82, 2.24) is 20.1 Å². The van der Waals surface area contributed by atoms with E-state index in [1.807, 2.05) is 14.0 Å². The van der Waals surface area contributed by atoms with Gasteiger partial charge in [0.15, 0.2) is 5.82 Å². The molecule has 0 spiro atoms. The molecule has 1 aliphatic carbocycles. The van der Waals surface area contributed by atoms with Crippen molar-refractivity contribution in [3.63, 3.8) is 0 Å². The van der Waals surface area contributed by atoms with Gasteiger partial charge in [0.2, 0.25) is 11.9 Å². The summed E-state index contributed by atoms with van der Waals surface area (Å²) in [4.78, 5) is 17.1. The Morgan fingerprint density at radius 3 is 2.60 bits per heavy atom. The number of amides is 1. The number of carbonyl (C=O) groups is 1. The number of aromatic nitrogens is 3. The van der Waals surface area contributed by atoms with Gasteiger partial charge in [-0.1, -0.05) is 39.0 Å². The van der Waals surface area contributed by atoms with E-state index in [1.165, 1.54) is 32.1 Å². The van der Waals surface area contributed by atoms with E-state index in [4.69, 9.17) is 0 Å². The van der Waals surface area contributed by atoms with Gasteiger partial charge in [0, 0.05) is 18.9 Å². The van der Waals surface area contributed by atoms with Crippen molar-refractivity contribution >= 4 is 24.3 Å². The van der Waals surface area contributed by atoms with E-state index < -0.39 is 0 Å². The fourth-order valence-corrected chi connectivity index (χ4v) is 4.03. The number of rotatable bonds is 5. The number of carbonyl (C=O) groups excluding carboxylic acids is 1. The highest BCUT2D eigenvalue weighted by Crippen LogP contribution is 2.29. The second-order valence-electron chi connectivity index (χ2n) is 7.57. The molecule has 25 heavy (non-hydrogen) atoms. The van der Waals surface area contributed by atoms with Crippen molar-refractivity contribution in [3.05, 3.63) is 5.82 Å². The average Bonchev–Trinajstić information content (AvgIpc) is 2.97. The number of hydrogen-bond acceptors (Lipinski definition) is 4. The van der Waals surface area contributed by atoms with E-state index in [0.29, 0.717) is 17.8 Å². The second kappa shape index (κ2) is 9.53. The van der Waals surface area contributed by atoms with Crippen LogP contribution in [0.2, 0.25) is 0 Å². The summed E-state index contributed by atoms with van der Waals surface area (Å²) in [6, 6.07) is 0. The molecular weight excluding hydrogens is 338 g/mol. The van der Waals surface area contributed by atoms with Crippen molar-refractivity contribution in [2.75, 3.05) is 18.4 Å². The smallest absolute Gasteiger partial charge is 0.229 e. The molecule has 6 nitrogen and oxygen atoms in total. The number of aryl methyl sites for hydroxylation is 1. The van der Waals surface area contributed by atoms with E-state index >= 15 is 0 Å². The van der Waals surface area contributed by atoms with Crippen LogP contribution in [-0.2, 0) is 11.8 Å². The molecule has 1 saturated heterocycles. The molecule has 1 aromatic rings. The van der Waals surface area contributed by atoms with Gasteiger partial charge in [-0.2, -0.15) is 10.1 Å². The molecule has 2 aliphatic rings. The molecule has 2 N–H and O–H groups in total. The zero-order valence-corrected chi connectivity index (χ0v) is 16.3. The zero-order valence-electron chi connectivity index (χ0n) is 15.5. The molecule has 1 saturated carbocycles. The van der Waals surface area contributed by atoms with Crippen LogP contribution < -0.4 is 10.6 Å². The van der Waals surface area contributed by atoms with Crippen LogP contribution in [0.25, 0.3) is 0 Å². The third-order valence-corrected chi connectivity index (χ3v) is 5.58. The summed E-state index contributed by atoms with van der Waals surface area (Å²) in [6.07, 6.45) is 9.68. The lowest BCUT2D eigenvalue weighted by atomic mass is 9.83. The first-order valence-electron chi connectivity index (χ1n) is 9.56. The molecule has 2 heterocycles. The summed E-state index contributed by atoms with van der Waals surface area (Å²) >= 11 is 0. The zero-order chi connectivity index (χ0) is 16.9. The number of piperidine rings is 1. The van der Waals surface area contributed by atoms with E-state index in [-0.39, 0.29) is 24.2 Å². The Morgan fingerprint density at radius 1 is 1.24 bits per heavy atom. The van der Waals surface area contributed by atoms with E-state index in [0.717, 1.165) is 38.2 Å². The van der Waals surface area contributed by atoms with E-state index in [1.54, 1.807) is 4.68 Å².